The van der Waals surface area contributed by atoms with Crippen LogP contribution in [0.4, 0.5) is 0 Å². The molecule has 0 saturated heterocycles. The topological polar surface area (TPSA) is 20.2 Å². The van der Waals surface area contributed by atoms with Crippen LogP contribution in [0.3, 0.4) is 0 Å². The highest BCUT2D eigenvalue weighted by atomic mass is 16.3. The van der Waals surface area contributed by atoms with Gasteiger partial charge >= 0.3 is 0 Å². The summed E-state index contributed by atoms with van der Waals surface area (Å²) in [5.41, 5.74) is 4.18. The van der Waals surface area contributed by atoms with Crippen LogP contribution in [0.5, 0.6) is 5.75 Å². The van der Waals surface area contributed by atoms with Crippen LogP contribution in [-0.2, 0) is 0 Å². The van der Waals surface area contributed by atoms with E-state index in [1.165, 1.54) is 5.56 Å². The fraction of sp³-hybridized carbons (Fsp3) is 0.0667. The lowest BCUT2D eigenvalue weighted by Crippen LogP contribution is -1.86. The monoisotopic (exact) mass is 210 g/mol. The molecule has 0 aromatic heterocycles. The molecule has 0 heterocycles. The van der Waals surface area contributed by atoms with E-state index in [4.69, 9.17) is 0 Å². The highest BCUT2D eigenvalue weighted by Crippen LogP contribution is 2.24. The largest absolute Gasteiger partial charge is 0.508 e. The van der Waals surface area contributed by atoms with Gasteiger partial charge in [-0.2, -0.15) is 0 Å². The molecule has 0 aliphatic heterocycles. The van der Waals surface area contributed by atoms with Crippen molar-refractivity contribution >= 4 is 5.57 Å². The third-order valence-electron chi connectivity index (χ3n) is 2.59. The quantitative estimate of drug-likeness (QED) is 0.800. The van der Waals surface area contributed by atoms with E-state index >= 15 is 0 Å². The molecule has 0 radical (unpaired) electrons. The minimum Gasteiger partial charge on any atom is -0.508 e. The van der Waals surface area contributed by atoms with E-state index in [0.717, 1.165) is 16.7 Å². The lowest BCUT2D eigenvalue weighted by Gasteiger charge is -2.07. The zero-order valence-corrected chi connectivity index (χ0v) is 9.27. The second kappa shape index (κ2) is 4.23. The maximum Gasteiger partial charge on any atom is 0.116 e. The van der Waals surface area contributed by atoms with Crippen molar-refractivity contribution in [3.05, 3.63) is 71.8 Å². The fourth-order valence-electron chi connectivity index (χ4n) is 1.62. The van der Waals surface area contributed by atoms with Crippen LogP contribution in [0.25, 0.3) is 5.57 Å². The fourth-order valence-corrected chi connectivity index (χ4v) is 1.62. The van der Waals surface area contributed by atoms with E-state index in [1.54, 1.807) is 12.1 Å². The van der Waals surface area contributed by atoms with Crippen LogP contribution in [-0.4, -0.2) is 5.11 Å². The minimum atomic E-state index is 0.269. The Hall–Kier alpha value is -2.02. The van der Waals surface area contributed by atoms with E-state index in [2.05, 4.69) is 25.6 Å². The van der Waals surface area contributed by atoms with Gasteiger partial charge in [-0.05, 0) is 35.8 Å². The Morgan fingerprint density at radius 3 is 2.31 bits per heavy atom. The molecular formula is C15H14O. The summed E-state index contributed by atoms with van der Waals surface area (Å²) < 4.78 is 0. The maximum absolute atomic E-state index is 9.41. The Morgan fingerprint density at radius 2 is 1.69 bits per heavy atom. The normalized spacial score (nSPS) is 10.1. The Labute approximate surface area is 95.7 Å². The summed E-state index contributed by atoms with van der Waals surface area (Å²) >= 11 is 0. The van der Waals surface area contributed by atoms with Crippen molar-refractivity contribution < 1.29 is 5.11 Å². The number of phenolic OH excluding ortho intramolecular Hbond substituents is 1. The zero-order valence-electron chi connectivity index (χ0n) is 9.27. The third kappa shape index (κ3) is 2.14. The summed E-state index contributed by atoms with van der Waals surface area (Å²) in [6.45, 7) is 6.11. The maximum atomic E-state index is 9.41. The van der Waals surface area contributed by atoms with Gasteiger partial charge in [0.05, 0.1) is 0 Å². The van der Waals surface area contributed by atoms with Gasteiger partial charge in [0.1, 0.15) is 5.75 Å². The lowest BCUT2D eigenvalue weighted by molar-refractivity contribution is 0.475. The Bertz CT molecular complexity index is 509. The minimum absolute atomic E-state index is 0.269. The molecule has 80 valence electrons. The van der Waals surface area contributed by atoms with Crippen molar-refractivity contribution in [2.45, 2.75) is 6.92 Å². The number of benzene rings is 2. The van der Waals surface area contributed by atoms with Crippen molar-refractivity contribution in [3.8, 4) is 5.75 Å². The summed E-state index contributed by atoms with van der Waals surface area (Å²) in [4.78, 5) is 0. The summed E-state index contributed by atoms with van der Waals surface area (Å²) in [7, 11) is 0. The molecule has 0 aliphatic carbocycles. The smallest absolute Gasteiger partial charge is 0.116 e. The molecule has 0 saturated carbocycles. The van der Waals surface area contributed by atoms with Gasteiger partial charge in [0, 0.05) is 0 Å². The summed E-state index contributed by atoms with van der Waals surface area (Å²) in [5.74, 6) is 0.269. The molecule has 2 aromatic rings. The summed E-state index contributed by atoms with van der Waals surface area (Å²) in [6.07, 6.45) is 0. The SMILES string of the molecule is C=C(c1ccc(C)cc1)c1cccc(O)c1. The van der Waals surface area contributed by atoms with Gasteiger partial charge in [-0.3, -0.25) is 0 Å². The van der Waals surface area contributed by atoms with Crippen LogP contribution in [0.2, 0.25) is 0 Å². The zero-order chi connectivity index (χ0) is 11.5. The number of hydrogen-bond donors (Lipinski definition) is 1. The Balaban J connectivity index is 2.35. The van der Waals surface area contributed by atoms with Gasteiger partial charge < -0.3 is 5.11 Å². The molecule has 0 bridgehead atoms. The van der Waals surface area contributed by atoms with Crippen LogP contribution in [0.1, 0.15) is 16.7 Å². The summed E-state index contributed by atoms with van der Waals surface area (Å²) in [5, 5.41) is 9.41. The number of rotatable bonds is 2. The van der Waals surface area contributed by atoms with Crippen LogP contribution >= 0.6 is 0 Å². The highest BCUT2D eigenvalue weighted by molar-refractivity contribution is 5.78. The first-order chi connectivity index (χ1) is 7.66. The molecule has 1 N–H and O–H groups in total. The van der Waals surface area contributed by atoms with Gasteiger partial charge in [0.15, 0.2) is 0 Å². The van der Waals surface area contributed by atoms with Crippen molar-refractivity contribution in [1.29, 1.82) is 0 Å². The molecule has 0 atom stereocenters. The number of aryl methyl sites for hydroxylation is 1. The van der Waals surface area contributed by atoms with E-state index in [9.17, 15) is 5.11 Å². The first kappa shape index (κ1) is 10.5. The second-order valence-corrected chi connectivity index (χ2v) is 3.89. The number of hydrogen-bond acceptors (Lipinski definition) is 1. The molecule has 16 heavy (non-hydrogen) atoms. The average Bonchev–Trinajstić information content (AvgIpc) is 2.29. The summed E-state index contributed by atoms with van der Waals surface area (Å²) in [6, 6.07) is 15.4. The van der Waals surface area contributed by atoms with Crippen LogP contribution in [0.15, 0.2) is 55.1 Å². The van der Waals surface area contributed by atoms with Gasteiger partial charge in [0.2, 0.25) is 0 Å². The first-order valence-electron chi connectivity index (χ1n) is 5.22. The van der Waals surface area contributed by atoms with E-state index in [-0.39, 0.29) is 5.75 Å². The average molecular weight is 210 g/mol. The van der Waals surface area contributed by atoms with E-state index in [1.807, 2.05) is 24.3 Å². The standard InChI is InChI=1S/C15H14O/c1-11-6-8-13(9-7-11)12(2)14-4-3-5-15(16)10-14/h3-10,16H,2H2,1H3. The lowest BCUT2D eigenvalue weighted by atomic mass is 9.99. The predicted octanol–water partition coefficient (Wildman–Crippen LogP) is 3.76. The predicted molar refractivity (Wildman–Crippen MR) is 67.4 cm³/mol. The van der Waals surface area contributed by atoms with Crippen LogP contribution < -0.4 is 0 Å². The molecule has 2 aromatic carbocycles. The molecule has 0 fully saturated rings. The molecular weight excluding hydrogens is 196 g/mol. The molecule has 0 aliphatic rings. The molecule has 0 spiro atoms. The number of aromatic hydroxyl groups is 1. The molecule has 1 heteroatoms. The van der Waals surface area contributed by atoms with Crippen LogP contribution in [0, 0.1) is 6.92 Å². The van der Waals surface area contributed by atoms with Gasteiger partial charge in [-0.25, -0.2) is 0 Å². The Kier molecular flexibility index (Phi) is 2.78. The highest BCUT2D eigenvalue weighted by Gasteiger charge is 2.02. The van der Waals surface area contributed by atoms with Crippen molar-refractivity contribution in [2.24, 2.45) is 0 Å². The molecule has 2 rings (SSSR count). The number of phenols is 1. The van der Waals surface area contributed by atoms with Gasteiger partial charge in [-0.15, -0.1) is 0 Å². The second-order valence-electron chi connectivity index (χ2n) is 3.89. The van der Waals surface area contributed by atoms with Gasteiger partial charge in [-0.1, -0.05) is 48.5 Å². The van der Waals surface area contributed by atoms with Gasteiger partial charge in [0.25, 0.3) is 0 Å². The van der Waals surface area contributed by atoms with Crippen molar-refractivity contribution in [3.63, 3.8) is 0 Å². The molecule has 1 nitrogen and oxygen atoms in total. The first-order valence-corrected chi connectivity index (χ1v) is 5.22. The van der Waals surface area contributed by atoms with Crippen molar-refractivity contribution in [1.82, 2.24) is 0 Å². The van der Waals surface area contributed by atoms with Crippen molar-refractivity contribution in [2.75, 3.05) is 0 Å². The molecule has 0 unspecified atom stereocenters. The molecule has 0 amide bonds. The van der Waals surface area contributed by atoms with E-state index in [0.29, 0.717) is 0 Å². The Morgan fingerprint density at radius 1 is 1.00 bits per heavy atom. The third-order valence-corrected chi connectivity index (χ3v) is 2.59. The van der Waals surface area contributed by atoms with E-state index < -0.39 is 0 Å².